The highest BCUT2D eigenvalue weighted by atomic mass is 15.0. The van der Waals surface area contributed by atoms with Gasteiger partial charge in [-0.2, -0.15) is 0 Å². The minimum atomic E-state index is 0.344. The molecule has 1 aromatic heterocycles. The van der Waals surface area contributed by atoms with E-state index in [1.54, 1.807) is 0 Å². The first-order valence-corrected chi connectivity index (χ1v) is 6.69. The molecule has 3 nitrogen and oxygen atoms in total. The minimum Gasteiger partial charge on any atom is -0.396 e. The number of nitrogen functional groups attached to an aromatic ring is 1. The van der Waals surface area contributed by atoms with E-state index in [4.69, 9.17) is 5.73 Å². The molecule has 0 spiro atoms. The van der Waals surface area contributed by atoms with Gasteiger partial charge in [0.15, 0.2) is 0 Å². The van der Waals surface area contributed by atoms with Crippen molar-refractivity contribution < 1.29 is 0 Å². The summed E-state index contributed by atoms with van der Waals surface area (Å²) in [6, 6.07) is 14.7. The van der Waals surface area contributed by atoms with Crippen LogP contribution >= 0.6 is 0 Å². The van der Waals surface area contributed by atoms with E-state index in [-0.39, 0.29) is 0 Å². The van der Waals surface area contributed by atoms with Crippen LogP contribution in [-0.2, 0) is 6.42 Å². The van der Waals surface area contributed by atoms with Crippen molar-refractivity contribution in [2.45, 2.75) is 32.7 Å². The average Bonchev–Trinajstić information content (AvgIpc) is 2.42. The van der Waals surface area contributed by atoms with Gasteiger partial charge in [0.25, 0.3) is 0 Å². The van der Waals surface area contributed by atoms with Gasteiger partial charge in [0, 0.05) is 11.7 Å². The van der Waals surface area contributed by atoms with Gasteiger partial charge in [-0.05, 0) is 44.4 Å². The zero-order valence-corrected chi connectivity index (χ0v) is 11.6. The molecular formula is C16H21N3. The Labute approximate surface area is 114 Å². The number of anilines is 2. The molecule has 2 rings (SSSR count). The number of rotatable bonds is 5. The quantitative estimate of drug-likeness (QED) is 0.861. The Morgan fingerprint density at radius 3 is 2.63 bits per heavy atom. The number of benzene rings is 1. The van der Waals surface area contributed by atoms with Crippen molar-refractivity contribution >= 4 is 11.5 Å². The van der Waals surface area contributed by atoms with Gasteiger partial charge >= 0.3 is 0 Å². The van der Waals surface area contributed by atoms with Crippen LogP contribution in [-0.4, -0.2) is 11.0 Å². The molecule has 19 heavy (non-hydrogen) atoms. The largest absolute Gasteiger partial charge is 0.396 e. The third-order valence-electron chi connectivity index (χ3n) is 3.16. The third-order valence-corrected chi connectivity index (χ3v) is 3.16. The second kappa shape index (κ2) is 6.23. The molecule has 0 saturated heterocycles. The topological polar surface area (TPSA) is 50.9 Å². The maximum Gasteiger partial charge on any atom is 0.149 e. The standard InChI is InChI=1S/C16H21N3/c1-12(8-10-14-6-4-3-5-7-14)18-16-15(17)11-9-13(2)19-16/h3-7,9,11-12H,8,10,17H2,1-2H3,(H,18,19). The molecule has 0 aliphatic heterocycles. The maximum absolute atomic E-state index is 5.92. The Morgan fingerprint density at radius 1 is 1.16 bits per heavy atom. The van der Waals surface area contributed by atoms with E-state index in [2.05, 4.69) is 41.5 Å². The van der Waals surface area contributed by atoms with Crippen LogP contribution in [0.3, 0.4) is 0 Å². The molecule has 0 bridgehead atoms. The van der Waals surface area contributed by atoms with Gasteiger partial charge < -0.3 is 11.1 Å². The summed E-state index contributed by atoms with van der Waals surface area (Å²) in [6.07, 6.45) is 2.11. The highest BCUT2D eigenvalue weighted by molar-refractivity contribution is 5.61. The van der Waals surface area contributed by atoms with Crippen molar-refractivity contribution in [3.05, 3.63) is 53.7 Å². The first-order chi connectivity index (χ1) is 9.15. The van der Waals surface area contributed by atoms with Gasteiger partial charge in [-0.25, -0.2) is 4.98 Å². The molecule has 1 unspecified atom stereocenters. The van der Waals surface area contributed by atoms with Crippen LogP contribution in [0.4, 0.5) is 11.5 Å². The molecular weight excluding hydrogens is 234 g/mol. The summed E-state index contributed by atoms with van der Waals surface area (Å²) in [5.41, 5.74) is 8.97. The van der Waals surface area contributed by atoms with Gasteiger partial charge in [0.05, 0.1) is 5.69 Å². The van der Waals surface area contributed by atoms with Gasteiger partial charge in [-0.3, -0.25) is 0 Å². The van der Waals surface area contributed by atoms with Crippen LogP contribution in [0.25, 0.3) is 0 Å². The number of aryl methyl sites for hydroxylation is 2. The fraction of sp³-hybridized carbons (Fsp3) is 0.312. The second-order valence-electron chi connectivity index (χ2n) is 4.96. The summed E-state index contributed by atoms with van der Waals surface area (Å²) < 4.78 is 0. The first-order valence-electron chi connectivity index (χ1n) is 6.69. The predicted octanol–water partition coefficient (Wildman–Crippen LogP) is 3.41. The molecule has 3 N–H and O–H groups in total. The fourth-order valence-corrected chi connectivity index (χ4v) is 2.02. The molecule has 1 heterocycles. The lowest BCUT2D eigenvalue weighted by molar-refractivity contribution is 0.703. The lowest BCUT2D eigenvalue weighted by Crippen LogP contribution is -2.18. The van der Waals surface area contributed by atoms with E-state index in [0.29, 0.717) is 11.7 Å². The molecule has 0 radical (unpaired) electrons. The highest BCUT2D eigenvalue weighted by Crippen LogP contribution is 2.17. The third kappa shape index (κ3) is 3.98. The number of nitrogens with two attached hydrogens (primary N) is 1. The molecule has 0 aliphatic rings. The monoisotopic (exact) mass is 255 g/mol. The van der Waals surface area contributed by atoms with Crippen LogP contribution < -0.4 is 11.1 Å². The SMILES string of the molecule is Cc1ccc(N)c(NC(C)CCc2ccccc2)n1. The number of aromatic nitrogens is 1. The summed E-state index contributed by atoms with van der Waals surface area (Å²) in [5.74, 6) is 0.792. The predicted molar refractivity (Wildman–Crippen MR) is 81.2 cm³/mol. The molecule has 100 valence electrons. The molecule has 0 amide bonds. The molecule has 0 fully saturated rings. The summed E-state index contributed by atoms with van der Waals surface area (Å²) in [4.78, 5) is 4.43. The van der Waals surface area contributed by atoms with Gasteiger partial charge in [-0.15, -0.1) is 0 Å². The fourth-order valence-electron chi connectivity index (χ4n) is 2.02. The molecule has 1 atom stereocenters. The first kappa shape index (κ1) is 13.4. The zero-order chi connectivity index (χ0) is 13.7. The van der Waals surface area contributed by atoms with Gasteiger partial charge in [0.2, 0.25) is 0 Å². The number of pyridine rings is 1. The maximum atomic E-state index is 5.92. The normalized spacial score (nSPS) is 12.1. The van der Waals surface area contributed by atoms with E-state index in [0.717, 1.165) is 24.4 Å². The Morgan fingerprint density at radius 2 is 1.89 bits per heavy atom. The van der Waals surface area contributed by atoms with E-state index >= 15 is 0 Å². The number of hydrogen-bond acceptors (Lipinski definition) is 3. The highest BCUT2D eigenvalue weighted by Gasteiger charge is 2.06. The lowest BCUT2D eigenvalue weighted by atomic mass is 10.1. The van der Waals surface area contributed by atoms with Crippen molar-refractivity contribution in [3.63, 3.8) is 0 Å². The van der Waals surface area contributed by atoms with E-state index in [9.17, 15) is 0 Å². The minimum absolute atomic E-state index is 0.344. The molecule has 2 aromatic rings. The van der Waals surface area contributed by atoms with Crippen LogP contribution in [0.1, 0.15) is 24.6 Å². The average molecular weight is 255 g/mol. The van der Waals surface area contributed by atoms with E-state index in [1.807, 2.05) is 25.1 Å². The number of hydrogen-bond donors (Lipinski definition) is 2. The Bertz CT molecular complexity index is 523. The number of nitrogens with one attached hydrogen (secondary N) is 1. The number of nitrogens with zero attached hydrogens (tertiary/aromatic N) is 1. The van der Waals surface area contributed by atoms with Crippen molar-refractivity contribution in [2.24, 2.45) is 0 Å². The van der Waals surface area contributed by atoms with Crippen molar-refractivity contribution in [3.8, 4) is 0 Å². The molecule has 0 aliphatic carbocycles. The van der Waals surface area contributed by atoms with Crippen LogP contribution in [0.15, 0.2) is 42.5 Å². The van der Waals surface area contributed by atoms with Crippen LogP contribution in [0.2, 0.25) is 0 Å². The van der Waals surface area contributed by atoms with Gasteiger partial charge in [-0.1, -0.05) is 30.3 Å². The van der Waals surface area contributed by atoms with Crippen molar-refractivity contribution in [2.75, 3.05) is 11.1 Å². The van der Waals surface area contributed by atoms with Crippen LogP contribution in [0, 0.1) is 6.92 Å². The molecule has 1 aromatic carbocycles. The molecule has 0 saturated carbocycles. The summed E-state index contributed by atoms with van der Waals surface area (Å²) >= 11 is 0. The summed E-state index contributed by atoms with van der Waals surface area (Å²) in [6.45, 7) is 4.13. The smallest absolute Gasteiger partial charge is 0.149 e. The van der Waals surface area contributed by atoms with Crippen molar-refractivity contribution in [1.29, 1.82) is 0 Å². The van der Waals surface area contributed by atoms with E-state index in [1.165, 1.54) is 5.56 Å². The lowest BCUT2D eigenvalue weighted by Gasteiger charge is -2.16. The molecule has 3 heteroatoms. The Balaban J connectivity index is 1.90. The summed E-state index contributed by atoms with van der Waals surface area (Å²) in [5, 5.41) is 3.39. The second-order valence-corrected chi connectivity index (χ2v) is 4.96. The Hall–Kier alpha value is -2.03. The van der Waals surface area contributed by atoms with Crippen molar-refractivity contribution in [1.82, 2.24) is 4.98 Å². The van der Waals surface area contributed by atoms with Gasteiger partial charge in [0.1, 0.15) is 5.82 Å². The van der Waals surface area contributed by atoms with Crippen LogP contribution in [0.5, 0.6) is 0 Å². The summed E-state index contributed by atoms with van der Waals surface area (Å²) in [7, 11) is 0. The zero-order valence-electron chi connectivity index (χ0n) is 11.6. The van der Waals surface area contributed by atoms with E-state index < -0.39 is 0 Å². The Kier molecular flexibility index (Phi) is 4.39.